The fraction of sp³-hybridized carbons (Fsp3) is 0.400. The van der Waals surface area contributed by atoms with Gasteiger partial charge in [-0.2, -0.15) is 0 Å². The second-order valence-corrected chi connectivity index (χ2v) is 8.54. The fourth-order valence-electron chi connectivity index (χ4n) is 4.79. The van der Waals surface area contributed by atoms with E-state index in [1.807, 2.05) is 24.3 Å². The molecule has 2 aromatic carbocycles. The highest BCUT2D eigenvalue weighted by Crippen LogP contribution is 2.44. The Labute approximate surface area is 187 Å². The largest absolute Gasteiger partial charge is 0.480 e. The molecule has 0 radical (unpaired) electrons. The molecule has 2 aliphatic rings. The summed E-state index contributed by atoms with van der Waals surface area (Å²) < 4.78 is 5.61. The van der Waals surface area contributed by atoms with E-state index in [4.69, 9.17) is 9.84 Å². The van der Waals surface area contributed by atoms with E-state index in [2.05, 4.69) is 34.9 Å². The van der Waals surface area contributed by atoms with Crippen LogP contribution in [0.1, 0.15) is 49.7 Å². The number of hydrogen-bond acceptors (Lipinski definition) is 4. The maximum absolute atomic E-state index is 12.6. The van der Waals surface area contributed by atoms with Crippen LogP contribution in [0.5, 0.6) is 0 Å². The van der Waals surface area contributed by atoms with Crippen LogP contribution in [0.4, 0.5) is 4.79 Å². The number of carbonyl (C=O) groups is 3. The van der Waals surface area contributed by atoms with Crippen molar-refractivity contribution in [3.63, 3.8) is 0 Å². The minimum Gasteiger partial charge on any atom is -0.480 e. The molecule has 3 atom stereocenters. The zero-order valence-corrected chi connectivity index (χ0v) is 18.0. The quantitative estimate of drug-likeness (QED) is 0.641. The first kappa shape index (κ1) is 21.9. The second kappa shape index (κ2) is 9.42. The SMILES string of the molecule is CC(NC(=O)C1CCCCC1NC(=O)OCC1c2ccccc2-c2ccccc21)C(=O)O. The van der Waals surface area contributed by atoms with Gasteiger partial charge in [-0.1, -0.05) is 61.4 Å². The number of rotatable bonds is 6. The van der Waals surface area contributed by atoms with E-state index in [0.29, 0.717) is 12.8 Å². The molecule has 4 rings (SSSR count). The number of carboxylic acid groups (broad SMARTS) is 1. The van der Waals surface area contributed by atoms with Crippen LogP contribution in [0.15, 0.2) is 48.5 Å². The molecule has 0 aromatic heterocycles. The van der Waals surface area contributed by atoms with E-state index >= 15 is 0 Å². The molecule has 2 aromatic rings. The zero-order valence-electron chi connectivity index (χ0n) is 18.0. The number of fused-ring (bicyclic) bond motifs is 3. The lowest BCUT2D eigenvalue weighted by atomic mass is 9.83. The Morgan fingerprint density at radius 2 is 1.59 bits per heavy atom. The van der Waals surface area contributed by atoms with Crippen molar-refractivity contribution in [2.24, 2.45) is 5.92 Å². The molecule has 0 aliphatic heterocycles. The number of amides is 2. The lowest BCUT2D eigenvalue weighted by Gasteiger charge is -2.31. The number of hydrogen-bond donors (Lipinski definition) is 3. The van der Waals surface area contributed by atoms with Gasteiger partial charge < -0.3 is 20.5 Å². The van der Waals surface area contributed by atoms with Crippen molar-refractivity contribution in [2.75, 3.05) is 6.61 Å². The van der Waals surface area contributed by atoms with Gasteiger partial charge in [0, 0.05) is 12.0 Å². The molecule has 7 nitrogen and oxygen atoms in total. The first-order valence-corrected chi connectivity index (χ1v) is 11.1. The topological polar surface area (TPSA) is 105 Å². The Kier molecular flexibility index (Phi) is 6.44. The molecule has 32 heavy (non-hydrogen) atoms. The summed E-state index contributed by atoms with van der Waals surface area (Å²) in [7, 11) is 0. The molecule has 1 fully saturated rings. The molecule has 7 heteroatoms. The third kappa shape index (κ3) is 4.47. The lowest BCUT2D eigenvalue weighted by Crippen LogP contribution is -2.51. The summed E-state index contributed by atoms with van der Waals surface area (Å²) in [6, 6.07) is 14.9. The highest BCUT2D eigenvalue weighted by molar-refractivity contribution is 5.85. The van der Waals surface area contributed by atoms with Crippen LogP contribution in [-0.4, -0.2) is 41.8 Å². The summed E-state index contributed by atoms with van der Waals surface area (Å²) in [5.74, 6) is -1.93. The van der Waals surface area contributed by atoms with Gasteiger partial charge in [-0.25, -0.2) is 4.79 Å². The third-order valence-corrected chi connectivity index (χ3v) is 6.48. The molecule has 168 valence electrons. The molecule has 0 saturated heterocycles. The number of nitrogens with one attached hydrogen (secondary N) is 2. The minimum atomic E-state index is -1.09. The van der Waals surface area contributed by atoms with Gasteiger partial charge in [-0.05, 0) is 42.0 Å². The van der Waals surface area contributed by atoms with Crippen molar-refractivity contribution in [3.8, 4) is 11.1 Å². The van der Waals surface area contributed by atoms with Crippen molar-refractivity contribution in [3.05, 3.63) is 59.7 Å². The van der Waals surface area contributed by atoms with Crippen molar-refractivity contribution >= 4 is 18.0 Å². The summed E-state index contributed by atoms with van der Waals surface area (Å²) in [6.45, 7) is 1.64. The van der Waals surface area contributed by atoms with Crippen molar-refractivity contribution < 1.29 is 24.2 Å². The summed E-state index contributed by atoms with van der Waals surface area (Å²) in [6.07, 6.45) is 2.47. The van der Waals surface area contributed by atoms with Crippen LogP contribution >= 0.6 is 0 Å². The van der Waals surface area contributed by atoms with E-state index < -0.39 is 24.0 Å². The Morgan fingerprint density at radius 3 is 2.22 bits per heavy atom. The lowest BCUT2D eigenvalue weighted by molar-refractivity contribution is -0.142. The minimum absolute atomic E-state index is 0.0324. The maximum atomic E-state index is 12.6. The van der Waals surface area contributed by atoms with Crippen LogP contribution in [0, 0.1) is 5.92 Å². The van der Waals surface area contributed by atoms with Crippen molar-refractivity contribution in [1.29, 1.82) is 0 Å². The number of benzene rings is 2. The average molecular weight is 437 g/mol. The summed E-state index contributed by atoms with van der Waals surface area (Å²) in [4.78, 5) is 36.3. The summed E-state index contributed by atoms with van der Waals surface area (Å²) >= 11 is 0. The molecule has 1 saturated carbocycles. The van der Waals surface area contributed by atoms with E-state index in [1.165, 1.54) is 6.92 Å². The Morgan fingerprint density at radius 1 is 1.00 bits per heavy atom. The highest BCUT2D eigenvalue weighted by Gasteiger charge is 2.34. The number of ether oxygens (including phenoxy) is 1. The number of aliphatic carboxylic acids is 1. The van der Waals surface area contributed by atoms with Gasteiger partial charge in [0.2, 0.25) is 5.91 Å². The monoisotopic (exact) mass is 436 g/mol. The van der Waals surface area contributed by atoms with Crippen LogP contribution in [0.25, 0.3) is 11.1 Å². The van der Waals surface area contributed by atoms with Crippen LogP contribution in [0.3, 0.4) is 0 Å². The second-order valence-electron chi connectivity index (χ2n) is 8.54. The van der Waals surface area contributed by atoms with E-state index in [-0.39, 0.29) is 24.5 Å². The van der Waals surface area contributed by atoms with Gasteiger partial charge in [0.1, 0.15) is 12.6 Å². The van der Waals surface area contributed by atoms with Gasteiger partial charge >= 0.3 is 12.1 Å². The molecular weight excluding hydrogens is 408 g/mol. The number of alkyl carbamates (subject to hydrolysis) is 1. The number of carbonyl (C=O) groups excluding carboxylic acids is 2. The van der Waals surface area contributed by atoms with Crippen LogP contribution in [-0.2, 0) is 14.3 Å². The predicted molar refractivity (Wildman–Crippen MR) is 119 cm³/mol. The smallest absolute Gasteiger partial charge is 0.407 e. The fourth-order valence-corrected chi connectivity index (χ4v) is 4.79. The Hall–Kier alpha value is -3.35. The maximum Gasteiger partial charge on any atom is 0.407 e. The zero-order chi connectivity index (χ0) is 22.7. The average Bonchev–Trinajstić information content (AvgIpc) is 3.11. The van der Waals surface area contributed by atoms with Gasteiger partial charge in [-0.15, -0.1) is 0 Å². The molecule has 2 amide bonds. The molecule has 0 bridgehead atoms. The number of carboxylic acids is 1. The Balaban J connectivity index is 1.39. The van der Waals surface area contributed by atoms with Gasteiger partial charge in [0.05, 0.1) is 5.92 Å². The van der Waals surface area contributed by atoms with Crippen molar-refractivity contribution in [1.82, 2.24) is 10.6 Å². The summed E-state index contributed by atoms with van der Waals surface area (Å²) in [5, 5.41) is 14.4. The van der Waals surface area contributed by atoms with Gasteiger partial charge in [0.25, 0.3) is 0 Å². The van der Waals surface area contributed by atoms with Crippen LogP contribution < -0.4 is 10.6 Å². The Bertz CT molecular complexity index is 975. The predicted octanol–water partition coefficient (Wildman–Crippen LogP) is 3.67. The summed E-state index contributed by atoms with van der Waals surface area (Å²) in [5.41, 5.74) is 4.60. The third-order valence-electron chi connectivity index (χ3n) is 6.48. The molecular formula is C25H28N2O5. The molecule has 0 heterocycles. The molecule has 3 N–H and O–H groups in total. The van der Waals surface area contributed by atoms with E-state index in [0.717, 1.165) is 35.1 Å². The first-order valence-electron chi connectivity index (χ1n) is 11.1. The van der Waals surface area contributed by atoms with Gasteiger partial charge in [-0.3, -0.25) is 9.59 Å². The first-order chi connectivity index (χ1) is 15.5. The van der Waals surface area contributed by atoms with Gasteiger partial charge in [0.15, 0.2) is 0 Å². The highest BCUT2D eigenvalue weighted by atomic mass is 16.5. The molecule has 0 spiro atoms. The standard InChI is InChI=1S/C25H28N2O5/c1-15(24(29)30)26-23(28)20-12-6-7-13-22(20)27-25(31)32-14-21-18-10-4-2-8-16(18)17-9-3-5-11-19(17)21/h2-5,8-11,15,20-22H,6-7,12-14H2,1H3,(H,26,28)(H,27,31)(H,29,30). The van der Waals surface area contributed by atoms with E-state index in [1.54, 1.807) is 0 Å². The van der Waals surface area contributed by atoms with Crippen molar-refractivity contribution in [2.45, 2.75) is 50.6 Å². The molecule has 2 aliphatic carbocycles. The van der Waals surface area contributed by atoms with E-state index in [9.17, 15) is 14.4 Å². The van der Waals surface area contributed by atoms with Crippen LogP contribution in [0.2, 0.25) is 0 Å². The normalized spacial score (nSPS) is 20.5. The molecule has 3 unspecified atom stereocenters.